The van der Waals surface area contributed by atoms with Crippen molar-refractivity contribution in [1.29, 1.82) is 0 Å². The van der Waals surface area contributed by atoms with Gasteiger partial charge in [0, 0.05) is 0 Å². The lowest BCUT2D eigenvalue weighted by Crippen LogP contribution is -2.03. The Hall–Kier alpha value is -0.100. The largest absolute Gasteiger partial charge is 0.434 e. The van der Waals surface area contributed by atoms with Crippen molar-refractivity contribution in [3.63, 3.8) is 0 Å². The van der Waals surface area contributed by atoms with Gasteiger partial charge in [0.15, 0.2) is 0 Å². The van der Waals surface area contributed by atoms with E-state index in [9.17, 15) is 8.78 Å². The van der Waals surface area contributed by atoms with Gasteiger partial charge < -0.3 is 4.74 Å². The molecule has 0 atom stereocenters. The monoisotopic (exact) mass is 304 g/mol. The lowest BCUT2D eigenvalue weighted by atomic mass is 10.3. The van der Waals surface area contributed by atoms with Gasteiger partial charge in [-0.1, -0.05) is 17.7 Å². The van der Waals surface area contributed by atoms with Crippen LogP contribution in [0.5, 0.6) is 5.75 Å². The zero-order valence-corrected chi connectivity index (χ0v) is 8.64. The molecule has 0 N–H and O–H groups in total. The Balaban J connectivity index is 2.92. The van der Waals surface area contributed by atoms with E-state index in [0.717, 1.165) is 0 Å². The molecular weight excluding hydrogens is 300 g/mol. The average molecular weight is 304 g/mol. The summed E-state index contributed by atoms with van der Waals surface area (Å²) in [7, 11) is 0. The number of halogens is 4. The first kappa shape index (κ1) is 9.98. The minimum absolute atomic E-state index is 0.109. The average Bonchev–Trinajstić information content (AvgIpc) is 1.98. The second kappa shape index (κ2) is 4.23. The van der Waals surface area contributed by atoms with Gasteiger partial charge in [-0.3, -0.25) is 0 Å². The molecule has 0 amide bonds. The highest BCUT2D eigenvalue weighted by Crippen LogP contribution is 2.28. The lowest BCUT2D eigenvalue weighted by molar-refractivity contribution is -0.0504. The van der Waals surface area contributed by atoms with Gasteiger partial charge in [-0.15, -0.1) is 0 Å². The van der Waals surface area contributed by atoms with E-state index in [2.05, 4.69) is 4.74 Å². The van der Waals surface area contributed by atoms with Crippen molar-refractivity contribution in [1.82, 2.24) is 0 Å². The molecule has 0 aliphatic carbocycles. The van der Waals surface area contributed by atoms with Gasteiger partial charge in [-0.05, 0) is 34.7 Å². The Morgan fingerprint density at radius 2 is 2.08 bits per heavy atom. The van der Waals surface area contributed by atoms with Crippen molar-refractivity contribution in [2.24, 2.45) is 0 Å². The second-order valence-electron chi connectivity index (χ2n) is 1.93. The zero-order chi connectivity index (χ0) is 9.14. The molecule has 0 spiro atoms. The number of hydrogen-bond acceptors (Lipinski definition) is 1. The first-order valence-corrected chi connectivity index (χ1v) is 4.45. The Kier molecular flexibility index (Phi) is 3.52. The molecule has 12 heavy (non-hydrogen) atoms. The molecule has 0 unspecified atom stereocenters. The fraction of sp³-hybridized carbons (Fsp3) is 0.143. The summed E-state index contributed by atoms with van der Waals surface area (Å²) in [5.41, 5.74) is 0. The molecule has 0 saturated carbocycles. The first-order valence-electron chi connectivity index (χ1n) is 3.00. The minimum Gasteiger partial charge on any atom is -0.434 e. The molecule has 5 heteroatoms. The summed E-state index contributed by atoms with van der Waals surface area (Å²) in [6.07, 6.45) is 0. The van der Waals surface area contributed by atoms with Crippen LogP contribution in [-0.2, 0) is 0 Å². The number of rotatable bonds is 2. The number of hydrogen-bond donors (Lipinski definition) is 0. The molecule has 0 aliphatic heterocycles. The minimum atomic E-state index is -2.81. The van der Waals surface area contributed by atoms with E-state index in [1.165, 1.54) is 6.07 Å². The molecule has 1 aromatic rings. The van der Waals surface area contributed by atoms with Crippen LogP contribution >= 0.6 is 34.2 Å². The summed E-state index contributed by atoms with van der Waals surface area (Å²) in [6.45, 7) is -2.81. The van der Waals surface area contributed by atoms with Crippen LogP contribution in [0, 0.1) is 3.57 Å². The maximum absolute atomic E-state index is 11.8. The van der Waals surface area contributed by atoms with Crippen LogP contribution in [-0.4, -0.2) is 6.61 Å². The maximum atomic E-state index is 11.8. The number of ether oxygens (including phenoxy) is 1. The molecule has 0 aromatic heterocycles. The van der Waals surface area contributed by atoms with Crippen LogP contribution in [0.15, 0.2) is 18.2 Å². The van der Waals surface area contributed by atoms with E-state index in [-0.39, 0.29) is 5.75 Å². The predicted octanol–water partition coefficient (Wildman–Crippen LogP) is 3.55. The number of benzene rings is 1. The molecule has 0 saturated heterocycles. The smallest absolute Gasteiger partial charge is 0.387 e. The SMILES string of the molecule is FC(F)Oc1cccc(Cl)c1I. The predicted molar refractivity (Wildman–Crippen MR) is 50.8 cm³/mol. The molecular formula is C7H4ClF2IO. The van der Waals surface area contributed by atoms with Crippen LogP contribution in [0.2, 0.25) is 5.02 Å². The van der Waals surface area contributed by atoms with E-state index in [1.807, 2.05) is 22.6 Å². The standard InChI is InChI=1S/C7H4ClF2IO/c8-4-2-1-3-5(6(4)11)12-7(9)10/h1-3,7H. The molecule has 0 bridgehead atoms. The summed E-state index contributed by atoms with van der Waals surface area (Å²) in [5, 5.41) is 0.411. The van der Waals surface area contributed by atoms with E-state index in [1.54, 1.807) is 12.1 Å². The van der Waals surface area contributed by atoms with Crippen molar-refractivity contribution in [3.8, 4) is 5.75 Å². The normalized spacial score (nSPS) is 10.4. The first-order chi connectivity index (χ1) is 5.61. The van der Waals surface area contributed by atoms with E-state index in [0.29, 0.717) is 8.59 Å². The molecule has 0 radical (unpaired) electrons. The summed E-state index contributed by atoms with van der Waals surface area (Å²) in [5.74, 6) is 0.109. The summed E-state index contributed by atoms with van der Waals surface area (Å²) >= 11 is 7.51. The Bertz CT molecular complexity index is 280. The molecule has 1 rings (SSSR count). The number of alkyl halides is 2. The quantitative estimate of drug-likeness (QED) is 0.759. The van der Waals surface area contributed by atoms with Gasteiger partial charge in [0.2, 0.25) is 0 Å². The van der Waals surface area contributed by atoms with E-state index < -0.39 is 6.61 Å². The molecule has 1 aromatic carbocycles. The van der Waals surface area contributed by atoms with Crippen molar-refractivity contribution < 1.29 is 13.5 Å². The summed E-state index contributed by atoms with van der Waals surface area (Å²) in [6, 6.07) is 4.61. The van der Waals surface area contributed by atoms with E-state index >= 15 is 0 Å². The summed E-state index contributed by atoms with van der Waals surface area (Å²) < 4.78 is 28.2. The van der Waals surface area contributed by atoms with Crippen LogP contribution in [0.4, 0.5) is 8.78 Å². The summed E-state index contributed by atoms with van der Waals surface area (Å²) in [4.78, 5) is 0. The Morgan fingerprint density at radius 3 is 2.67 bits per heavy atom. The van der Waals surface area contributed by atoms with Crippen molar-refractivity contribution in [2.45, 2.75) is 6.61 Å². The topological polar surface area (TPSA) is 9.23 Å². The molecule has 1 nitrogen and oxygen atoms in total. The third kappa shape index (κ3) is 2.45. The van der Waals surface area contributed by atoms with Gasteiger partial charge in [0.1, 0.15) is 5.75 Å². The fourth-order valence-corrected chi connectivity index (χ4v) is 1.32. The Labute approximate surface area is 86.8 Å². The highest BCUT2D eigenvalue weighted by Gasteiger charge is 2.09. The third-order valence-corrected chi connectivity index (χ3v) is 2.88. The highest BCUT2D eigenvalue weighted by molar-refractivity contribution is 14.1. The highest BCUT2D eigenvalue weighted by atomic mass is 127. The lowest BCUT2D eigenvalue weighted by Gasteiger charge is -2.06. The third-order valence-electron chi connectivity index (χ3n) is 1.13. The molecule has 0 heterocycles. The van der Waals surface area contributed by atoms with Gasteiger partial charge in [0.25, 0.3) is 0 Å². The van der Waals surface area contributed by atoms with Crippen molar-refractivity contribution in [3.05, 3.63) is 26.8 Å². The van der Waals surface area contributed by atoms with Crippen molar-refractivity contribution >= 4 is 34.2 Å². The van der Waals surface area contributed by atoms with Gasteiger partial charge in [0.05, 0.1) is 8.59 Å². The van der Waals surface area contributed by atoms with E-state index in [4.69, 9.17) is 11.6 Å². The molecule has 0 aliphatic rings. The zero-order valence-electron chi connectivity index (χ0n) is 5.73. The maximum Gasteiger partial charge on any atom is 0.387 e. The van der Waals surface area contributed by atoms with Crippen LogP contribution in [0.3, 0.4) is 0 Å². The van der Waals surface area contributed by atoms with Gasteiger partial charge in [-0.2, -0.15) is 8.78 Å². The molecule has 0 fully saturated rings. The second-order valence-corrected chi connectivity index (χ2v) is 3.42. The van der Waals surface area contributed by atoms with Crippen LogP contribution in [0.1, 0.15) is 0 Å². The van der Waals surface area contributed by atoms with Gasteiger partial charge >= 0.3 is 6.61 Å². The van der Waals surface area contributed by atoms with Crippen LogP contribution < -0.4 is 4.74 Å². The fourth-order valence-electron chi connectivity index (χ4n) is 0.671. The van der Waals surface area contributed by atoms with Gasteiger partial charge in [-0.25, -0.2) is 0 Å². The Morgan fingerprint density at radius 1 is 1.42 bits per heavy atom. The van der Waals surface area contributed by atoms with Crippen LogP contribution in [0.25, 0.3) is 0 Å². The van der Waals surface area contributed by atoms with Crippen molar-refractivity contribution in [2.75, 3.05) is 0 Å². The molecule has 66 valence electrons.